The number of Topliss-reactive ketones (excluding diaryl/α,β-unsaturated/α-hetero) is 1. The molecule has 1 aliphatic rings. The highest BCUT2D eigenvalue weighted by Gasteiger charge is 2.24. The fourth-order valence-electron chi connectivity index (χ4n) is 2.24. The average Bonchev–Trinajstić information content (AvgIpc) is 2.66. The Balaban J connectivity index is 2.32. The smallest absolute Gasteiger partial charge is 0.408 e. The molecule has 1 amide bonds. The molecule has 4 heteroatoms. The molecule has 0 spiro atoms. The van der Waals surface area contributed by atoms with Gasteiger partial charge in [0, 0.05) is 6.42 Å². The number of rotatable bonds is 4. The Hall–Kier alpha value is -1.06. The zero-order valence-electron chi connectivity index (χ0n) is 11.9. The molecule has 1 rings (SSSR count). The number of hydrogen-bond acceptors (Lipinski definition) is 3. The predicted molar refractivity (Wildman–Crippen MR) is 70.4 cm³/mol. The van der Waals surface area contributed by atoms with Gasteiger partial charge in [-0.3, -0.25) is 4.79 Å². The normalized spacial score (nSPS) is 18.4. The van der Waals surface area contributed by atoms with E-state index in [0.717, 1.165) is 12.8 Å². The fourth-order valence-corrected chi connectivity index (χ4v) is 2.24. The third kappa shape index (κ3) is 5.52. The topological polar surface area (TPSA) is 55.4 Å². The Kier molecular flexibility index (Phi) is 5.17. The molecule has 1 atom stereocenters. The molecule has 0 radical (unpaired) electrons. The second-order valence-electron chi connectivity index (χ2n) is 6.19. The van der Waals surface area contributed by atoms with E-state index in [2.05, 4.69) is 5.32 Å². The number of hydrogen-bond donors (Lipinski definition) is 1. The second-order valence-corrected chi connectivity index (χ2v) is 6.19. The first-order valence-electron chi connectivity index (χ1n) is 6.80. The van der Waals surface area contributed by atoms with Crippen LogP contribution in [-0.4, -0.2) is 23.5 Å². The second kappa shape index (κ2) is 6.21. The lowest BCUT2D eigenvalue weighted by atomic mass is 9.98. The first-order chi connectivity index (χ1) is 8.28. The Morgan fingerprint density at radius 3 is 2.33 bits per heavy atom. The number of ketones is 1. The minimum Gasteiger partial charge on any atom is -0.444 e. The SMILES string of the molecule is CC(NC(=O)OC(C)(C)C)C(=O)CC1CCCC1. The molecule has 104 valence electrons. The van der Waals surface area contributed by atoms with Gasteiger partial charge in [-0.15, -0.1) is 0 Å². The molecule has 0 saturated heterocycles. The Morgan fingerprint density at radius 1 is 1.28 bits per heavy atom. The maximum atomic E-state index is 11.9. The van der Waals surface area contributed by atoms with Crippen LogP contribution in [0.5, 0.6) is 0 Å². The summed E-state index contributed by atoms with van der Waals surface area (Å²) in [6.07, 6.45) is 4.81. The van der Waals surface area contributed by atoms with Gasteiger partial charge in [-0.05, 0) is 33.6 Å². The van der Waals surface area contributed by atoms with Crippen molar-refractivity contribution in [1.82, 2.24) is 5.32 Å². The summed E-state index contributed by atoms with van der Waals surface area (Å²) in [7, 11) is 0. The summed E-state index contributed by atoms with van der Waals surface area (Å²) in [4.78, 5) is 23.5. The van der Waals surface area contributed by atoms with Gasteiger partial charge in [0.25, 0.3) is 0 Å². The third-order valence-electron chi connectivity index (χ3n) is 3.18. The molecular formula is C14H25NO3. The van der Waals surface area contributed by atoms with Gasteiger partial charge in [0.2, 0.25) is 0 Å². The molecule has 18 heavy (non-hydrogen) atoms. The number of carbonyl (C=O) groups is 2. The van der Waals surface area contributed by atoms with Gasteiger partial charge in [-0.1, -0.05) is 25.7 Å². The maximum Gasteiger partial charge on any atom is 0.408 e. The number of ether oxygens (including phenoxy) is 1. The van der Waals surface area contributed by atoms with Gasteiger partial charge < -0.3 is 10.1 Å². The van der Waals surface area contributed by atoms with Crippen LogP contribution < -0.4 is 5.32 Å². The molecule has 0 aromatic heterocycles. The predicted octanol–water partition coefficient (Wildman–Crippen LogP) is 3.05. The molecule has 1 unspecified atom stereocenters. The van der Waals surface area contributed by atoms with Crippen molar-refractivity contribution >= 4 is 11.9 Å². The van der Waals surface area contributed by atoms with Crippen LogP contribution in [0.4, 0.5) is 4.79 Å². The van der Waals surface area contributed by atoms with E-state index < -0.39 is 17.7 Å². The van der Waals surface area contributed by atoms with Gasteiger partial charge in [0.1, 0.15) is 5.60 Å². The molecule has 1 fully saturated rings. The summed E-state index contributed by atoms with van der Waals surface area (Å²) in [5.41, 5.74) is -0.529. The third-order valence-corrected chi connectivity index (χ3v) is 3.18. The zero-order chi connectivity index (χ0) is 13.8. The summed E-state index contributed by atoms with van der Waals surface area (Å²) in [5, 5.41) is 2.60. The number of alkyl carbamates (subject to hydrolysis) is 1. The summed E-state index contributed by atoms with van der Waals surface area (Å²) < 4.78 is 5.13. The molecule has 0 aromatic rings. The van der Waals surface area contributed by atoms with Crippen molar-refractivity contribution in [1.29, 1.82) is 0 Å². The van der Waals surface area contributed by atoms with Gasteiger partial charge in [0.15, 0.2) is 5.78 Å². The van der Waals surface area contributed by atoms with E-state index in [1.54, 1.807) is 27.7 Å². The maximum absolute atomic E-state index is 11.9. The number of nitrogens with one attached hydrogen (secondary N) is 1. The summed E-state index contributed by atoms with van der Waals surface area (Å²) in [6, 6.07) is -0.458. The first kappa shape index (κ1) is 15.0. The van der Waals surface area contributed by atoms with E-state index in [9.17, 15) is 9.59 Å². The van der Waals surface area contributed by atoms with Crippen LogP contribution in [0, 0.1) is 5.92 Å². The van der Waals surface area contributed by atoms with E-state index in [0.29, 0.717) is 12.3 Å². The average molecular weight is 255 g/mol. The standard InChI is InChI=1S/C14H25NO3/c1-10(15-13(17)18-14(2,3)4)12(16)9-11-7-5-6-8-11/h10-11H,5-9H2,1-4H3,(H,15,17). The largest absolute Gasteiger partial charge is 0.444 e. The van der Waals surface area contributed by atoms with E-state index in [4.69, 9.17) is 4.74 Å². The van der Waals surface area contributed by atoms with Crippen molar-refractivity contribution in [3.8, 4) is 0 Å². The van der Waals surface area contributed by atoms with Gasteiger partial charge in [-0.25, -0.2) is 4.79 Å². The monoisotopic (exact) mass is 255 g/mol. The van der Waals surface area contributed by atoms with Crippen molar-refractivity contribution in [3.63, 3.8) is 0 Å². The van der Waals surface area contributed by atoms with Crippen LogP contribution in [0.15, 0.2) is 0 Å². The fraction of sp³-hybridized carbons (Fsp3) is 0.857. The minimum atomic E-state index is -0.529. The van der Waals surface area contributed by atoms with Crippen LogP contribution in [-0.2, 0) is 9.53 Å². The lowest BCUT2D eigenvalue weighted by molar-refractivity contribution is -0.121. The summed E-state index contributed by atoms with van der Waals surface area (Å²) in [6.45, 7) is 7.13. The molecule has 0 heterocycles. The Morgan fingerprint density at radius 2 is 1.83 bits per heavy atom. The van der Waals surface area contributed by atoms with E-state index in [1.165, 1.54) is 12.8 Å². The molecule has 1 aliphatic carbocycles. The quantitative estimate of drug-likeness (QED) is 0.840. The van der Waals surface area contributed by atoms with Crippen molar-refractivity contribution < 1.29 is 14.3 Å². The highest BCUT2D eigenvalue weighted by Crippen LogP contribution is 2.27. The van der Waals surface area contributed by atoms with E-state index in [1.807, 2.05) is 0 Å². The van der Waals surface area contributed by atoms with Gasteiger partial charge in [-0.2, -0.15) is 0 Å². The van der Waals surface area contributed by atoms with Gasteiger partial charge in [0.05, 0.1) is 6.04 Å². The van der Waals surface area contributed by atoms with Crippen LogP contribution in [0.2, 0.25) is 0 Å². The molecule has 1 saturated carbocycles. The Bertz CT molecular complexity index is 301. The van der Waals surface area contributed by atoms with Crippen molar-refractivity contribution in [2.75, 3.05) is 0 Å². The van der Waals surface area contributed by atoms with Crippen molar-refractivity contribution in [2.24, 2.45) is 5.92 Å². The molecule has 1 N–H and O–H groups in total. The molecule has 0 aliphatic heterocycles. The van der Waals surface area contributed by atoms with Crippen LogP contribution in [0.3, 0.4) is 0 Å². The van der Waals surface area contributed by atoms with E-state index in [-0.39, 0.29) is 5.78 Å². The van der Waals surface area contributed by atoms with Crippen LogP contribution >= 0.6 is 0 Å². The molecule has 0 aromatic carbocycles. The van der Waals surface area contributed by atoms with Gasteiger partial charge >= 0.3 is 6.09 Å². The van der Waals surface area contributed by atoms with Crippen LogP contribution in [0.25, 0.3) is 0 Å². The van der Waals surface area contributed by atoms with Crippen molar-refractivity contribution in [2.45, 2.75) is 71.4 Å². The van der Waals surface area contributed by atoms with E-state index >= 15 is 0 Å². The van der Waals surface area contributed by atoms with Crippen LogP contribution in [0.1, 0.15) is 59.8 Å². The Labute approximate surface area is 109 Å². The highest BCUT2D eigenvalue weighted by molar-refractivity contribution is 5.87. The lowest BCUT2D eigenvalue weighted by Crippen LogP contribution is -2.42. The minimum absolute atomic E-state index is 0.104. The number of amides is 1. The molecular weight excluding hydrogens is 230 g/mol. The zero-order valence-corrected chi connectivity index (χ0v) is 11.9. The number of carbonyl (C=O) groups excluding carboxylic acids is 2. The summed E-state index contributed by atoms with van der Waals surface area (Å²) >= 11 is 0. The van der Waals surface area contributed by atoms with Crippen molar-refractivity contribution in [3.05, 3.63) is 0 Å². The first-order valence-corrected chi connectivity index (χ1v) is 6.80. The molecule has 4 nitrogen and oxygen atoms in total. The highest BCUT2D eigenvalue weighted by atomic mass is 16.6. The molecule has 0 bridgehead atoms. The summed E-state index contributed by atoms with van der Waals surface area (Å²) in [5.74, 6) is 0.619. The lowest BCUT2D eigenvalue weighted by Gasteiger charge is -2.22.